The molecule has 20 aromatic rings. The third-order valence-electron chi connectivity index (χ3n) is 20.2. The van der Waals surface area contributed by atoms with E-state index in [4.69, 9.17) is 54.8 Å². The van der Waals surface area contributed by atoms with Crippen molar-refractivity contribution in [2.75, 3.05) is 0 Å². The summed E-state index contributed by atoms with van der Waals surface area (Å²) in [4.78, 5) is 55.2. The zero-order valence-corrected chi connectivity index (χ0v) is 60.0. The Hall–Kier alpha value is -14.8. The Morgan fingerprint density at radius 1 is 0.173 bits per heavy atom. The van der Waals surface area contributed by atoms with Crippen molar-refractivity contribution in [3.8, 4) is 135 Å². The Morgan fingerprint density at radius 3 is 0.973 bits per heavy atom. The van der Waals surface area contributed by atoms with Crippen LogP contribution in [0.2, 0.25) is 0 Å². The van der Waals surface area contributed by atoms with E-state index in [1.165, 1.54) is 0 Å². The average Bonchev–Trinajstić information content (AvgIpc) is 0.758. The van der Waals surface area contributed by atoms with Gasteiger partial charge in [-0.3, -0.25) is 19.9 Å². The molecule has 516 valence electrons. The third-order valence-corrected chi connectivity index (χ3v) is 20.2. The first-order valence-electron chi connectivity index (χ1n) is 36.7. The van der Waals surface area contributed by atoms with Gasteiger partial charge in [-0.1, -0.05) is 285 Å². The highest BCUT2D eigenvalue weighted by atomic mass is 15.0. The molecule has 0 aliphatic carbocycles. The quantitative estimate of drug-likeness (QED) is 0.108. The molecule has 8 aromatic heterocycles. The van der Waals surface area contributed by atoms with Crippen molar-refractivity contribution in [2.24, 2.45) is 0 Å². The zero-order chi connectivity index (χ0) is 73.4. The Kier molecular flexibility index (Phi) is 17.1. The molecule has 0 aliphatic rings. The minimum Gasteiger partial charge on any atom is -0.256 e. The van der Waals surface area contributed by atoms with Crippen molar-refractivity contribution < 1.29 is 0 Å². The largest absolute Gasteiger partial charge is 0.256 e. The van der Waals surface area contributed by atoms with Gasteiger partial charge in [-0.15, -0.1) is 0 Å². The molecule has 110 heavy (non-hydrogen) atoms. The Balaban J connectivity index is 0.000000149. The van der Waals surface area contributed by atoms with E-state index in [2.05, 4.69) is 255 Å². The molecule has 11 nitrogen and oxygen atoms in total. The van der Waals surface area contributed by atoms with Crippen LogP contribution in [0.1, 0.15) is 11.4 Å². The van der Waals surface area contributed by atoms with Crippen LogP contribution in [-0.2, 0) is 0 Å². The van der Waals surface area contributed by atoms with Crippen LogP contribution >= 0.6 is 0 Å². The first-order valence-corrected chi connectivity index (χ1v) is 36.7. The van der Waals surface area contributed by atoms with Crippen molar-refractivity contribution in [1.82, 2.24) is 54.8 Å². The van der Waals surface area contributed by atoms with E-state index in [0.29, 0.717) is 23.3 Å². The Morgan fingerprint density at radius 2 is 0.500 bits per heavy atom. The second-order valence-electron chi connectivity index (χ2n) is 27.4. The summed E-state index contributed by atoms with van der Waals surface area (Å²) < 4.78 is 0. The summed E-state index contributed by atoms with van der Waals surface area (Å²) in [7, 11) is 0. The molecule has 0 N–H and O–H groups in total. The van der Waals surface area contributed by atoms with Crippen molar-refractivity contribution in [3.63, 3.8) is 0 Å². The topological polar surface area (TPSA) is 142 Å². The number of hydrogen-bond acceptors (Lipinski definition) is 11. The summed E-state index contributed by atoms with van der Waals surface area (Å²) in [6.45, 7) is 4.05. The number of hydrogen-bond donors (Lipinski definition) is 0. The smallest absolute Gasteiger partial charge is 0.164 e. The van der Waals surface area contributed by atoms with Gasteiger partial charge in [-0.25, -0.2) is 34.9 Å². The second-order valence-corrected chi connectivity index (χ2v) is 27.4. The van der Waals surface area contributed by atoms with Gasteiger partial charge < -0.3 is 0 Å². The highest BCUT2D eigenvalue weighted by Crippen LogP contribution is 2.41. The van der Waals surface area contributed by atoms with Gasteiger partial charge in [0.15, 0.2) is 23.3 Å². The molecule has 0 bridgehead atoms. The highest BCUT2D eigenvalue weighted by Gasteiger charge is 2.21. The van der Waals surface area contributed by atoms with Crippen molar-refractivity contribution in [3.05, 3.63) is 370 Å². The van der Waals surface area contributed by atoms with Crippen molar-refractivity contribution in [1.29, 1.82) is 0 Å². The standard InChI is InChI=1S/C50H33N5.C49H32N6/c1-32-23-24-35-25-26-42-43(30-44(33-12-4-2-5-13-33)53-49(42)48(35)52-32)38-18-9-20-40(29-38)46-31-45(54-50(55-46)36-14-6-3-7-15-36)39-19-8-17-37(28-39)41-22-10-16-34-21-11-27-51-47(34)41;1-31-20-21-35-26-27-41-42(30-43(33-11-4-2-5-12-33)52-46(41)45(35)51-31)32-22-24-37(25-23-32)48-53-47(36-13-6-3-7-14-36)54-49(55-48)39-17-8-16-38(29-39)40-19-9-15-34-18-10-28-50-44(34)40/h2-31H,1H3;2-30H,1H3. The summed E-state index contributed by atoms with van der Waals surface area (Å²) in [6.07, 6.45) is 3.69. The molecular weight excluding hydrogens is 1340 g/mol. The fourth-order valence-corrected chi connectivity index (χ4v) is 14.7. The number of pyridine rings is 6. The molecule has 0 amide bonds. The molecule has 11 heteroatoms. The predicted molar refractivity (Wildman–Crippen MR) is 448 cm³/mol. The minimum absolute atomic E-state index is 0.600. The second kappa shape index (κ2) is 28.6. The lowest BCUT2D eigenvalue weighted by Crippen LogP contribution is -2.00. The van der Waals surface area contributed by atoms with Crippen LogP contribution in [-0.4, -0.2) is 54.8 Å². The molecule has 0 fully saturated rings. The number of aromatic nitrogens is 11. The van der Waals surface area contributed by atoms with Crippen LogP contribution in [0, 0.1) is 13.8 Å². The van der Waals surface area contributed by atoms with E-state index in [1.807, 2.05) is 117 Å². The number of rotatable bonds is 12. The molecule has 0 spiro atoms. The fourth-order valence-electron chi connectivity index (χ4n) is 14.7. The van der Waals surface area contributed by atoms with Crippen LogP contribution in [0.5, 0.6) is 0 Å². The van der Waals surface area contributed by atoms with E-state index >= 15 is 0 Å². The van der Waals surface area contributed by atoms with Gasteiger partial charge in [-0.05, 0) is 108 Å². The van der Waals surface area contributed by atoms with Gasteiger partial charge in [0.05, 0.1) is 55.9 Å². The highest BCUT2D eigenvalue weighted by molar-refractivity contribution is 6.11. The molecule has 12 aromatic carbocycles. The van der Waals surface area contributed by atoms with Crippen LogP contribution in [0.3, 0.4) is 0 Å². The lowest BCUT2D eigenvalue weighted by molar-refractivity contribution is 1.07. The summed E-state index contributed by atoms with van der Waals surface area (Å²) in [5, 5.41) is 6.44. The Bertz CT molecular complexity index is 6910. The predicted octanol–water partition coefficient (Wildman–Crippen LogP) is 24.3. The third kappa shape index (κ3) is 13.0. The molecule has 8 heterocycles. The van der Waals surface area contributed by atoms with Gasteiger partial charge in [0.25, 0.3) is 0 Å². The number of fused-ring (bicyclic) bond motifs is 8. The van der Waals surface area contributed by atoms with E-state index in [-0.39, 0.29) is 0 Å². The van der Waals surface area contributed by atoms with Gasteiger partial charge >= 0.3 is 0 Å². The van der Waals surface area contributed by atoms with E-state index in [0.717, 1.165) is 189 Å². The zero-order valence-electron chi connectivity index (χ0n) is 60.0. The van der Waals surface area contributed by atoms with Crippen molar-refractivity contribution >= 4 is 65.4 Å². The summed E-state index contributed by atoms with van der Waals surface area (Å²) in [5.74, 6) is 2.49. The van der Waals surface area contributed by atoms with Crippen molar-refractivity contribution in [2.45, 2.75) is 13.8 Å². The monoisotopic (exact) mass is 1410 g/mol. The molecule has 0 saturated heterocycles. The maximum Gasteiger partial charge on any atom is 0.164 e. The van der Waals surface area contributed by atoms with Crippen LogP contribution in [0.25, 0.3) is 201 Å². The molecule has 20 rings (SSSR count). The van der Waals surface area contributed by atoms with E-state index in [1.54, 1.807) is 0 Å². The molecular formula is C99H65N11. The molecule has 0 saturated carbocycles. The summed E-state index contributed by atoms with van der Waals surface area (Å²) in [6, 6.07) is 119. The van der Waals surface area contributed by atoms with E-state index in [9.17, 15) is 0 Å². The van der Waals surface area contributed by atoms with Gasteiger partial charge in [-0.2, -0.15) is 0 Å². The van der Waals surface area contributed by atoms with Gasteiger partial charge in [0.2, 0.25) is 0 Å². The summed E-state index contributed by atoms with van der Waals surface area (Å²) in [5.41, 5.74) is 27.3. The lowest BCUT2D eigenvalue weighted by atomic mass is 9.95. The number of para-hydroxylation sites is 2. The van der Waals surface area contributed by atoms with Crippen LogP contribution in [0.15, 0.2) is 358 Å². The molecule has 0 radical (unpaired) electrons. The number of nitrogens with zero attached hydrogens (tertiary/aromatic N) is 11. The Labute approximate surface area is 634 Å². The molecule has 0 aliphatic heterocycles. The summed E-state index contributed by atoms with van der Waals surface area (Å²) >= 11 is 0. The lowest BCUT2D eigenvalue weighted by Gasteiger charge is -2.14. The maximum absolute atomic E-state index is 5.23. The average molecular weight is 1410 g/mol. The fraction of sp³-hybridized carbons (Fsp3) is 0.0202. The minimum atomic E-state index is 0.600. The van der Waals surface area contributed by atoms with Gasteiger partial charge in [0, 0.05) is 112 Å². The van der Waals surface area contributed by atoms with E-state index < -0.39 is 0 Å². The first-order chi connectivity index (χ1) is 54.3. The number of benzene rings is 12. The normalized spacial score (nSPS) is 11.4. The maximum atomic E-state index is 5.23. The number of aryl methyl sites for hydroxylation is 2. The van der Waals surface area contributed by atoms with Crippen LogP contribution < -0.4 is 0 Å². The first kappa shape index (κ1) is 65.9. The van der Waals surface area contributed by atoms with Crippen LogP contribution in [0.4, 0.5) is 0 Å². The van der Waals surface area contributed by atoms with Gasteiger partial charge in [0.1, 0.15) is 0 Å². The molecule has 0 unspecified atom stereocenters. The molecule has 0 atom stereocenters. The SMILES string of the molecule is Cc1ccc2ccc3c(-c4ccc(-c5nc(-c6ccccc6)nc(-c6cccc(-c7cccc8cccnc78)c6)n5)cc4)cc(-c4ccccc4)nc3c2n1.Cc1ccc2ccc3c(-c4cccc(-c5cc(-c6cccc(-c7cccc8cccnc78)c6)nc(-c6ccccc6)n5)c4)cc(-c4ccccc4)nc3c2n1.